The summed E-state index contributed by atoms with van der Waals surface area (Å²) >= 11 is 6.01. The molecular formula is C14H18ClNO2. The van der Waals surface area contributed by atoms with Crippen LogP contribution in [-0.2, 0) is 11.2 Å². The van der Waals surface area contributed by atoms with Gasteiger partial charge in [0.2, 0.25) is 5.91 Å². The minimum Gasteiger partial charge on any atom is -0.391 e. The average Bonchev–Trinajstić information content (AvgIpc) is 3.19. The minimum absolute atomic E-state index is 0.0328. The number of hydrogen-bond donors (Lipinski definition) is 2. The fraction of sp³-hybridized carbons (Fsp3) is 0.500. The van der Waals surface area contributed by atoms with Gasteiger partial charge in [0.25, 0.3) is 0 Å². The van der Waals surface area contributed by atoms with Crippen molar-refractivity contribution in [2.45, 2.75) is 31.8 Å². The van der Waals surface area contributed by atoms with Crippen molar-refractivity contribution in [1.82, 2.24) is 5.32 Å². The molecule has 0 aliphatic heterocycles. The normalized spacial score (nSPS) is 16.3. The molecule has 1 amide bonds. The summed E-state index contributed by atoms with van der Waals surface area (Å²) in [6.45, 7) is 0.367. The second-order valence-electron chi connectivity index (χ2n) is 4.80. The van der Waals surface area contributed by atoms with Crippen molar-refractivity contribution in [3.63, 3.8) is 0 Å². The Hall–Kier alpha value is -1.06. The second-order valence-corrected chi connectivity index (χ2v) is 5.21. The smallest absolute Gasteiger partial charge is 0.220 e. The summed E-state index contributed by atoms with van der Waals surface area (Å²) in [6, 6.07) is 7.54. The molecule has 1 atom stereocenters. The fourth-order valence-electron chi connectivity index (χ4n) is 1.90. The Morgan fingerprint density at radius 1 is 1.44 bits per heavy atom. The van der Waals surface area contributed by atoms with Crippen LogP contribution in [0.25, 0.3) is 0 Å². The zero-order chi connectivity index (χ0) is 13.0. The molecule has 1 saturated carbocycles. The molecule has 0 spiro atoms. The van der Waals surface area contributed by atoms with Gasteiger partial charge in [0, 0.05) is 18.0 Å². The van der Waals surface area contributed by atoms with E-state index in [9.17, 15) is 9.90 Å². The number of rotatable bonds is 6. The lowest BCUT2D eigenvalue weighted by Crippen LogP contribution is -2.33. The van der Waals surface area contributed by atoms with Gasteiger partial charge in [-0.1, -0.05) is 29.8 Å². The van der Waals surface area contributed by atoms with Crippen molar-refractivity contribution in [3.8, 4) is 0 Å². The highest BCUT2D eigenvalue weighted by atomic mass is 35.5. The molecule has 2 rings (SSSR count). The Balaban J connectivity index is 1.69. The monoisotopic (exact) mass is 267 g/mol. The molecule has 3 nitrogen and oxygen atoms in total. The summed E-state index contributed by atoms with van der Waals surface area (Å²) in [6.07, 6.45) is 2.81. The Morgan fingerprint density at radius 3 is 2.83 bits per heavy atom. The minimum atomic E-state index is -0.380. The van der Waals surface area contributed by atoms with Crippen molar-refractivity contribution in [2.75, 3.05) is 6.54 Å². The maximum Gasteiger partial charge on any atom is 0.220 e. The summed E-state index contributed by atoms with van der Waals surface area (Å²) in [7, 11) is 0. The van der Waals surface area contributed by atoms with E-state index in [4.69, 9.17) is 11.6 Å². The molecule has 18 heavy (non-hydrogen) atoms. The van der Waals surface area contributed by atoms with Crippen molar-refractivity contribution in [1.29, 1.82) is 0 Å². The van der Waals surface area contributed by atoms with E-state index in [0.717, 1.165) is 18.4 Å². The van der Waals surface area contributed by atoms with Gasteiger partial charge in [0.15, 0.2) is 0 Å². The molecule has 1 aromatic carbocycles. The largest absolute Gasteiger partial charge is 0.391 e. The van der Waals surface area contributed by atoms with Gasteiger partial charge in [-0.15, -0.1) is 0 Å². The van der Waals surface area contributed by atoms with Crippen molar-refractivity contribution in [3.05, 3.63) is 34.9 Å². The molecule has 1 aliphatic carbocycles. The third kappa shape index (κ3) is 4.00. The summed E-state index contributed by atoms with van der Waals surface area (Å²) < 4.78 is 0. The highest BCUT2D eigenvalue weighted by Gasteiger charge is 2.29. The van der Waals surface area contributed by atoms with Crippen molar-refractivity contribution < 1.29 is 9.90 Å². The summed E-state index contributed by atoms with van der Waals surface area (Å²) in [5.41, 5.74) is 0.983. The highest BCUT2D eigenvalue weighted by molar-refractivity contribution is 6.31. The van der Waals surface area contributed by atoms with E-state index in [0.29, 0.717) is 30.3 Å². The van der Waals surface area contributed by atoms with E-state index < -0.39 is 0 Å². The van der Waals surface area contributed by atoms with Crippen LogP contribution in [0.15, 0.2) is 24.3 Å². The number of nitrogens with one attached hydrogen (secondary N) is 1. The number of carbonyl (C=O) groups excluding carboxylic acids is 1. The molecule has 4 heteroatoms. The molecule has 0 radical (unpaired) electrons. The lowest BCUT2D eigenvalue weighted by Gasteiger charge is -2.10. The molecular weight excluding hydrogens is 250 g/mol. The molecule has 1 fully saturated rings. The number of aryl methyl sites for hydroxylation is 1. The van der Waals surface area contributed by atoms with E-state index >= 15 is 0 Å². The second kappa shape index (κ2) is 6.21. The number of aliphatic hydroxyl groups excluding tert-OH is 1. The number of halogens is 1. The maximum absolute atomic E-state index is 11.6. The number of amides is 1. The maximum atomic E-state index is 11.6. The van der Waals surface area contributed by atoms with Crippen molar-refractivity contribution >= 4 is 17.5 Å². The summed E-state index contributed by atoms with van der Waals surface area (Å²) in [5.74, 6) is 0.364. The molecule has 1 unspecified atom stereocenters. The fourth-order valence-corrected chi connectivity index (χ4v) is 2.13. The standard InChI is InChI=1S/C14H18ClNO2/c15-12-4-2-1-3-10(12)7-8-14(18)16-9-13(17)11-5-6-11/h1-4,11,13,17H,5-9H2,(H,16,18). The van der Waals surface area contributed by atoms with E-state index in [1.807, 2.05) is 24.3 Å². The van der Waals surface area contributed by atoms with Crippen LogP contribution in [0, 0.1) is 5.92 Å². The van der Waals surface area contributed by atoms with Crippen LogP contribution in [0.5, 0.6) is 0 Å². The van der Waals surface area contributed by atoms with Crippen LogP contribution in [-0.4, -0.2) is 23.7 Å². The first kappa shape index (κ1) is 13.4. The Morgan fingerprint density at radius 2 is 2.17 bits per heavy atom. The Bertz CT molecular complexity index is 418. The predicted molar refractivity (Wildman–Crippen MR) is 71.5 cm³/mol. The van der Waals surface area contributed by atoms with E-state index in [2.05, 4.69) is 5.32 Å². The van der Waals surface area contributed by atoms with Crippen LogP contribution < -0.4 is 5.32 Å². The molecule has 1 aromatic rings. The molecule has 0 aromatic heterocycles. The Labute approximate surface area is 112 Å². The Kier molecular flexibility index (Phi) is 4.61. The number of hydrogen-bond acceptors (Lipinski definition) is 2. The van der Waals surface area contributed by atoms with Crippen LogP contribution in [0.2, 0.25) is 5.02 Å². The average molecular weight is 268 g/mol. The quantitative estimate of drug-likeness (QED) is 0.830. The lowest BCUT2D eigenvalue weighted by molar-refractivity contribution is -0.121. The SMILES string of the molecule is O=C(CCc1ccccc1Cl)NCC(O)C1CC1. The summed E-state index contributed by atoms with van der Waals surface area (Å²) in [4.78, 5) is 11.6. The van der Waals surface area contributed by atoms with Gasteiger partial charge in [0.05, 0.1) is 6.10 Å². The molecule has 2 N–H and O–H groups in total. The molecule has 0 saturated heterocycles. The molecule has 1 aliphatic rings. The first-order valence-electron chi connectivity index (χ1n) is 6.35. The van der Waals surface area contributed by atoms with Crippen LogP contribution in [0.1, 0.15) is 24.8 Å². The predicted octanol–water partition coefficient (Wildman–Crippen LogP) is 2.16. The van der Waals surface area contributed by atoms with Crippen LogP contribution in [0.4, 0.5) is 0 Å². The van der Waals surface area contributed by atoms with Gasteiger partial charge in [-0.2, -0.15) is 0 Å². The van der Waals surface area contributed by atoms with E-state index in [-0.39, 0.29) is 12.0 Å². The van der Waals surface area contributed by atoms with Gasteiger partial charge in [-0.3, -0.25) is 4.79 Å². The zero-order valence-electron chi connectivity index (χ0n) is 10.2. The molecule has 0 heterocycles. The van der Waals surface area contributed by atoms with Gasteiger partial charge in [-0.05, 0) is 36.8 Å². The third-order valence-electron chi connectivity index (χ3n) is 3.25. The first-order valence-corrected chi connectivity index (χ1v) is 6.73. The van der Waals surface area contributed by atoms with Gasteiger partial charge in [-0.25, -0.2) is 0 Å². The van der Waals surface area contributed by atoms with Crippen LogP contribution in [0.3, 0.4) is 0 Å². The first-order chi connectivity index (χ1) is 8.66. The zero-order valence-corrected chi connectivity index (χ0v) is 11.0. The summed E-state index contributed by atoms with van der Waals surface area (Å²) in [5, 5.41) is 13.1. The lowest BCUT2D eigenvalue weighted by atomic mass is 10.1. The van der Waals surface area contributed by atoms with E-state index in [1.165, 1.54) is 0 Å². The number of aliphatic hydroxyl groups is 1. The number of benzene rings is 1. The van der Waals surface area contributed by atoms with Gasteiger partial charge in [0.1, 0.15) is 0 Å². The van der Waals surface area contributed by atoms with Gasteiger partial charge < -0.3 is 10.4 Å². The molecule has 98 valence electrons. The molecule has 0 bridgehead atoms. The van der Waals surface area contributed by atoms with Crippen LogP contribution >= 0.6 is 11.6 Å². The third-order valence-corrected chi connectivity index (χ3v) is 3.62. The van der Waals surface area contributed by atoms with Gasteiger partial charge >= 0.3 is 0 Å². The number of carbonyl (C=O) groups is 1. The van der Waals surface area contributed by atoms with E-state index in [1.54, 1.807) is 0 Å². The highest BCUT2D eigenvalue weighted by Crippen LogP contribution is 2.32. The topological polar surface area (TPSA) is 49.3 Å². The van der Waals surface area contributed by atoms with Crippen molar-refractivity contribution in [2.24, 2.45) is 5.92 Å².